The molecule has 1 heterocycles. The minimum atomic E-state index is -0.674. The number of hydrogen-bond donors (Lipinski definition) is 1. The molecule has 1 aromatic rings. The molecule has 0 amide bonds. The maximum Gasteiger partial charge on any atom is 0.142 e. The van der Waals surface area contributed by atoms with E-state index in [1.165, 1.54) is 12.1 Å². The first-order chi connectivity index (χ1) is 8.43. The molecule has 0 saturated carbocycles. The van der Waals surface area contributed by atoms with Crippen molar-refractivity contribution >= 4 is 23.2 Å². The van der Waals surface area contributed by atoms with E-state index in [1.807, 2.05) is 6.92 Å². The van der Waals surface area contributed by atoms with Crippen LogP contribution in [0.4, 0.5) is 4.39 Å². The van der Waals surface area contributed by atoms with Gasteiger partial charge in [-0.25, -0.2) is 4.39 Å². The van der Waals surface area contributed by atoms with E-state index in [-0.39, 0.29) is 10.9 Å². The summed E-state index contributed by atoms with van der Waals surface area (Å²) < 4.78 is 18.9. The molecule has 2 rings (SSSR count). The van der Waals surface area contributed by atoms with Crippen molar-refractivity contribution in [2.45, 2.75) is 25.3 Å². The second-order valence-corrected chi connectivity index (χ2v) is 5.73. The molecule has 1 fully saturated rings. The van der Waals surface area contributed by atoms with E-state index in [4.69, 9.17) is 33.7 Å². The third-order valence-electron chi connectivity index (χ3n) is 3.66. The molecule has 0 spiro atoms. The van der Waals surface area contributed by atoms with Crippen LogP contribution in [-0.4, -0.2) is 13.2 Å². The Kier molecular flexibility index (Phi) is 4.17. The van der Waals surface area contributed by atoms with Crippen LogP contribution in [0.1, 0.15) is 25.3 Å². The average molecular weight is 292 g/mol. The molecule has 0 aliphatic carbocycles. The van der Waals surface area contributed by atoms with Crippen LogP contribution in [-0.2, 0) is 10.3 Å². The van der Waals surface area contributed by atoms with Gasteiger partial charge in [0, 0.05) is 23.8 Å². The fourth-order valence-corrected chi connectivity index (χ4v) is 3.04. The van der Waals surface area contributed by atoms with E-state index < -0.39 is 11.4 Å². The topological polar surface area (TPSA) is 35.2 Å². The lowest BCUT2D eigenvalue weighted by Crippen LogP contribution is -2.44. The molecule has 1 saturated heterocycles. The molecule has 2 nitrogen and oxygen atoms in total. The van der Waals surface area contributed by atoms with E-state index in [0.29, 0.717) is 23.8 Å². The molecular weight excluding hydrogens is 276 g/mol. The van der Waals surface area contributed by atoms with Crippen LogP contribution in [0.2, 0.25) is 10.0 Å². The zero-order chi connectivity index (χ0) is 13.3. The Hall–Kier alpha value is -0.350. The Morgan fingerprint density at radius 1 is 1.28 bits per heavy atom. The zero-order valence-corrected chi connectivity index (χ0v) is 11.7. The predicted molar refractivity (Wildman–Crippen MR) is 71.5 cm³/mol. The molecular formula is C13H16Cl2FNO. The van der Waals surface area contributed by atoms with E-state index >= 15 is 0 Å². The number of ether oxygens (including phenoxy) is 1. The molecule has 0 bridgehead atoms. The minimum absolute atomic E-state index is 0.0199. The highest BCUT2D eigenvalue weighted by Gasteiger charge is 2.35. The second-order valence-electron chi connectivity index (χ2n) is 4.92. The number of hydrogen-bond acceptors (Lipinski definition) is 2. The highest BCUT2D eigenvalue weighted by molar-refractivity contribution is 6.35. The monoisotopic (exact) mass is 291 g/mol. The maximum absolute atomic E-state index is 13.6. The van der Waals surface area contributed by atoms with Crippen LogP contribution in [0.15, 0.2) is 12.1 Å². The quantitative estimate of drug-likeness (QED) is 0.843. The molecule has 5 heteroatoms. The van der Waals surface area contributed by atoms with Crippen LogP contribution in [0.5, 0.6) is 0 Å². The van der Waals surface area contributed by atoms with Gasteiger partial charge in [-0.1, -0.05) is 23.2 Å². The van der Waals surface area contributed by atoms with Crippen molar-refractivity contribution < 1.29 is 9.13 Å². The number of nitrogens with two attached hydrogens (primary N) is 1. The van der Waals surface area contributed by atoms with E-state index in [2.05, 4.69) is 0 Å². The third kappa shape index (κ3) is 2.64. The molecule has 1 aliphatic rings. The summed E-state index contributed by atoms with van der Waals surface area (Å²) in [7, 11) is 0. The van der Waals surface area contributed by atoms with Crippen molar-refractivity contribution in [2.24, 2.45) is 11.7 Å². The summed E-state index contributed by atoms with van der Waals surface area (Å²) in [4.78, 5) is 0. The van der Waals surface area contributed by atoms with Crippen LogP contribution in [0, 0.1) is 11.7 Å². The smallest absolute Gasteiger partial charge is 0.142 e. The van der Waals surface area contributed by atoms with Gasteiger partial charge in [0.1, 0.15) is 5.82 Å². The second kappa shape index (κ2) is 5.33. The van der Waals surface area contributed by atoms with E-state index in [0.717, 1.165) is 12.8 Å². The first-order valence-electron chi connectivity index (χ1n) is 5.94. The van der Waals surface area contributed by atoms with Crippen LogP contribution in [0.25, 0.3) is 0 Å². The zero-order valence-electron chi connectivity index (χ0n) is 10.2. The largest absolute Gasteiger partial charge is 0.381 e. The van der Waals surface area contributed by atoms with Gasteiger partial charge in [0.25, 0.3) is 0 Å². The number of rotatable bonds is 2. The summed E-state index contributed by atoms with van der Waals surface area (Å²) in [6, 6.07) is 2.76. The van der Waals surface area contributed by atoms with Gasteiger partial charge in [-0.15, -0.1) is 0 Å². The van der Waals surface area contributed by atoms with Crippen molar-refractivity contribution in [1.82, 2.24) is 0 Å². The molecule has 1 aromatic carbocycles. The van der Waals surface area contributed by atoms with Gasteiger partial charge in [0.05, 0.1) is 5.02 Å². The van der Waals surface area contributed by atoms with Crippen molar-refractivity contribution in [3.63, 3.8) is 0 Å². The Balaban J connectivity index is 2.36. The lowest BCUT2D eigenvalue weighted by Gasteiger charge is -2.37. The Morgan fingerprint density at radius 2 is 1.89 bits per heavy atom. The molecule has 1 atom stereocenters. The first-order valence-corrected chi connectivity index (χ1v) is 6.70. The SMILES string of the molecule is CC(N)(c1cc(F)c(Cl)cc1Cl)C1CCOCC1. The predicted octanol–water partition coefficient (Wildman–Crippen LogP) is 3.73. The van der Waals surface area contributed by atoms with Gasteiger partial charge in [0.2, 0.25) is 0 Å². The van der Waals surface area contributed by atoms with Crippen molar-refractivity contribution in [1.29, 1.82) is 0 Å². The Morgan fingerprint density at radius 3 is 2.50 bits per heavy atom. The summed E-state index contributed by atoms with van der Waals surface area (Å²) in [5.41, 5.74) is 6.32. The molecule has 1 unspecified atom stereocenters. The summed E-state index contributed by atoms with van der Waals surface area (Å²) in [6.07, 6.45) is 1.71. The fraction of sp³-hybridized carbons (Fsp3) is 0.538. The number of halogens is 3. The van der Waals surface area contributed by atoms with Crippen molar-refractivity contribution in [3.05, 3.63) is 33.6 Å². The molecule has 1 aliphatic heterocycles. The lowest BCUT2D eigenvalue weighted by molar-refractivity contribution is 0.0411. The van der Waals surface area contributed by atoms with Crippen LogP contribution < -0.4 is 5.73 Å². The average Bonchev–Trinajstić information content (AvgIpc) is 2.34. The molecule has 18 heavy (non-hydrogen) atoms. The minimum Gasteiger partial charge on any atom is -0.381 e. The standard InChI is InChI=1S/C13H16Cl2FNO/c1-13(17,8-2-4-18-5-3-8)9-6-12(16)11(15)7-10(9)14/h6-8H,2-5,17H2,1H3. The van der Waals surface area contributed by atoms with E-state index in [9.17, 15) is 4.39 Å². The normalized spacial score (nSPS) is 20.7. The highest BCUT2D eigenvalue weighted by Crippen LogP contribution is 2.38. The third-order valence-corrected chi connectivity index (χ3v) is 4.26. The molecule has 0 radical (unpaired) electrons. The molecule has 100 valence electrons. The Bertz CT molecular complexity index is 445. The van der Waals surface area contributed by atoms with E-state index in [1.54, 1.807) is 0 Å². The molecule has 2 N–H and O–H groups in total. The van der Waals surface area contributed by atoms with Gasteiger partial charge < -0.3 is 10.5 Å². The van der Waals surface area contributed by atoms with Crippen LogP contribution in [0.3, 0.4) is 0 Å². The van der Waals surface area contributed by atoms with Gasteiger partial charge in [-0.05, 0) is 43.4 Å². The van der Waals surface area contributed by atoms with Crippen molar-refractivity contribution in [3.8, 4) is 0 Å². The van der Waals surface area contributed by atoms with Crippen LogP contribution >= 0.6 is 23.2 Å². The summed E-state index contributed by atoms with van der Waals surface area (Å²) in [5, 5.41) is 0.435. The summed E-state index contributed by atoms with van der Waals surface area (Å²) in [6.45, 7) is 3.26. The molecule has 0 aromatic heterocycles. The van der Waals surface area contributed by atoms with Gasteiger partial charge >= 0.3 is 0 Å². The fourth-order valence-electron chi connectivity index (χ4n) is 2.45. The number of benzene rings is 1. The van der Waals surface area contributed by atoms with Gasteiger partial charge in [-0.3, -0.25) is 0 Å². The highest BCUT2D eigenvalue weighted by atomic mass is 35.5. The van der Waals surface area contributed by atoms with Gasteiger partial charge in [0.15, 0.2) is 0 Å². The summed E-state index contributed by atoms with van der Waals surface area (Å²) >= 11 is 11.8. The van der Waals surface area contributed by atoms with Crippen molar-refractivity contribution in [2.75, 3.05) is 13.2 Å². The van der Waals surface area contributed by atoms with Gasteiger partial charge in [-0.2, -0.15) is 0 Å². The maximum atomic E-state index is 13.6. The summed E-state index contributed by atoms with van der Waals surface area (Å²) in [5.74, 6) is -0.260. The Labute approximate surface area is 116 Å². The lowest BCUT2D eigenvalue weighted by atomic mass is 9.76. The first kappa shape index (κ1) is 14.1.